The molecule has 0 heterocycles. The second-order valence-corrected chi connectivity index (χ2v) is 5.84. The minimum atomic E-state index is -3.29. The molecular formula is C11H15NO4S. The van der Waals surface area contributed by atoms with Gasteiger partial charge in [0.2, 0.25) is 10.0 Å². The number of methoxy groups -OCH3 is 1. The van der Waals surface area contributed by atoms with E-state index in [9.17, 15) is 8.42 Å². The SMILES string of the molecule is COc1cc(NS(C)(=O)=O)cc(OC2CC2)c1. The molecule has 0 atom stereocenters. The van der Waals surface area contributed by atoms with Gasteiger partial charge in [0.05, 0.1) is 25.2 Å². The van der Waals surface area contributed by atoms with Gasteiger partial charge in [0.1, 0.15) is 11.5 Å². The molecule has 6 heteroatoms. The zero-order chi connectivity index (χ0) is 12.5. The zero-order valence-electron chi connectivity index (χ0n) is 9.76. The van der Waals surface area contributed by atoms with Crippen LogP contribution in [0.25, 0.3) is 0 Å². The van der Waals surface area contributed by atoms with E-state index < -0.39 is 10.0 Å². The van der Waals surface area contributed by atoms with Crippen LogP contribution < -0.4 is 14.2 Å². The van der Waals surface area contributed by atoms with E-state index in [0.29, 0.717) is 17.2 Å². The molecule has 1 aromatic carbocycles. The Bertz CT molecular complexity index is 508. The van der Waals surface area contributed by atoms with Gasteiger partial charge in [-0.15, -0.1) is 0 Å². The van der Waals surface area contributed by atoms with Gasteiger partial charge in [0, 0.05) is 18.2 Å². The minimum Gasteiger partial charge on any atom is -0.497 e. The largest absolute Gasteiger partial charge is 0.497 e. The van der Waals surface area contributed by atoms with Crippen molar-refractivity contribution in [1.82, 2.24) is 0 Å². The average Bonchev–Trinajstić information content (AvgIpc) is 2.98. The summed E-state index contributed by atoms with van der Waals surface area (Å²) in [5, 5.41) is 0. The lowest BCUT2D eigenvalue weighted by molar-refractivity contribution is 0.301. The molecule has 0 spiro atoms. The highest BCUT2D eigenvalue weighted by molar-refractivity contribution is 7.92. The molecule has 17 heavy (non-hydrogen) atoms. The average molecular weight is 257 g/mol. The molecule has 0 bridgehead atoms. The van der Waals surface area contributed by atoms with Crippen molar-refractivity contribution in [2.45, 2.75) is 18.9 Å². The Kier molecular flexibility index (Phi) is 3.15. The molecule has 0 aromatic heterocycles. The maximum atomic E-state index is 11.2. The van der Waals surface area contributed by atoms with E-state index in [2.05, 4.69) is 4.72 Å². The number of hydrogen-bond donors (Lipinski definition) is 1. The molecule has 94 valence electrons. The highest BCUT2D eigenvalue weighted by Crippen LogP contribution is 2.31. The van der Waals surface area contributed by atoms with Crippen LogP contribution in [0.1, 0.15) is 12.8 Å². The molecule has 1 aromatic rings. The lowest BCUT2D eigenvalue weighted by Crippen LogP contribution is -2.10. The summed E-state index contributed by atoms with van der Waals surface area (Å²) in [6.07, 6.45) is 3.46. The fraction of sp³-hybridized carbons (Fsp3) is 0.455. The third-order valence-corrected chi connectivity index (χ3v) is 2.85. The summed E-state index contributed by atoms with van der Waals surface area (Å²) >= 11 is 0. The summed E-state index contributed by atoms with van der Waals surface area (Å²) < 4.78 is 35.4. The quantitative estimate of drug-likeness (QED) is 0.870. The standard InChI is InChI=1S/C11H15NO4S/c1-15-10-5-8(12-17(2,13)14)6-11(7-10)16-9-3-4-9/h5-7,9,12H,3-4H2,1-2H3. The molecule has 1 aliphatic rings. The van der Waals surface area contributed by atoms with Crippen LogP contribution >= 0.6 is 0 Å². The summed E-state index contributed by atoms with van der Waals surface area (Å²) in [6.45, 7) is 0. The third-order valence-electron chi connectivity index (χ3n) is 2.25. The van der Waals surface area contributed by atoms with E-state index in [0.717, 1.165) is 19.1 Å². The topological polar surface area (TPSA) is 64.6 Å². The molecule has 0 saturated heterocycles. The summed E-state index contributed by atoms with van der Waals surface area (Å²) in [5.41, 5.74) is 0.447. The molecular weight excluding hydrogens is 242 g/mol. The van der Waals surface area contributed by atoms with Gasteiger partial charge in [0.25, 0.3) is 0 Å². The molecule has 1 saturated carbocycles. The van der Waals surface area contributed by atoms with E-state index in [-0.39, 0.29) is 6.10 Å². The number of anilines is 1. The molecule has 2 rings (SSSR count). The Morgan fingerprint density at radius 3 is 2.41 bits per heavy atom. The van der Waals surface area contributed by atoms with Crippen LogP contribution in [0.5, 0.6) is 11.5 Å². The van der Waals surface area contributed by atoms with E-state index >= 15 is 0 Å². The first kappa shape index (κ1) is 12.0. The number of sulfonamides is 1. The van der Waals surface area contributed by atoms with Crippen LogP contribution in [0.3, 0.4) is 0 Å². The van der Waals surface area contributed by atoms with Crippen molar-refractivity contribution >= 4 is 15.7 Å². The first-order valence-corrected chi connectivity index (χ1v) is 7.19. The normalized spacial score (nSPS) is 15.4. The second-order valence-electron chi connectivity index (χ2n) is 4.09. The van der Waals surface area contributed by atoms with Gasteiger partial charge in [-0.1, -0.05) is 0 Å². The van der Waals surface area contributed by atoms with Crippen molar-refractivity contribution < 1.29 is 17.9 Å². The van der Waals surface area contributed by atoms with Crippen molar-refractivity contribution in [3.8, 4) is 11.5 Å². The van der Waals surface area contributed by atoms with Crippen LogP contribution in [0.4, 0.5) is 5.69 Å². The van der Waals surface area contributed by atoms with Gasteiger partial charge >= 0.3 is 0 Å². The Labute approximate surface area is 101 Å². The van der Waals surface area contributed by atoms with Crippen molar-refractivity contribution in [1.29, 1.82) is 0 Å². The van der Waals surface area contributed by atoms with E-state index in [1.807, 2.05) is 0 Å². The van der Waals surface area contributed by atoms with E-state index in [1.54, 1.807) is 18.2 Å². The lowest BCUT2D eigenvalue weighted by Gasteiger charge is -2.10. The highest BCUT2D eigenvalue weighted by atomic mass is 32.2. The molecule has 5 nitrogen and oxygen atoms in total. The van der Waals surface area contributed by atoms with Gasteiger partial charge in [0.15, 0.2) is 0 Å². The molecule has 1 aliphatic carbocycles. The summed E-state index contributed by atoms with van der Waals surface area (Å²) in [4.78, 5) is 0. The van der Waals surface area contributed by atoms with Crippen LogP contribution in [0.2, 0.25) is 0 Å². The number of ether oxygens (including phenoxy) is 2. The van der Waals surface area contributed by atoms with Crippen molar-refractivity contribution in [2.24, 2.45) is 0 Å². The van der Waals surface area contributed by atoms with Gasteiger partial charge in [-0.25, -0.2) is 8.42 Å². The summed E-state index contributed by atoms with van der Waals surface area (Å²) in [7, 11) is -1.76. The van der Waals surface area contributed by atoms with Gasteiger partial charge in [-0.3, -0.25) is 4.72 Å². The summed E-state index contributed by atoms with van der Waals surface area (Å²) in [5.74, 6) is 1.19. The predicted molar refractivity (Wildman–Crippen MR) is 65.1 cm³/mol. The fourth-order valence-electron chi connectivity index (χ4n) is 1.41. The second kappa shape index (κ2) is 4.44. The smallest absolute Gasteiger partial charge is 0.229 e. The monoisotopic (exact) mass is 257 g/mol. The molecule has 0 radical (unpaired) electrons. The third kappa shape index (κ3) is 3.81. The maximum Gasteiger partial charge on any atom is 0.229 e. The van der Waals surface area contributed by atoms with E-state index in [4.69, 9.17) is 9.47 Å². The number of nitrogens with one attached hydrogen (secondary N) is 1. The minimum absolute atomic E-state index is 0.258. The first-order chi connectivity index (χ1) is 7.96. The Morgan fingerprint density at radius 2 is 1.88 bits per heavy atom. The summed E-state index contributed by atoms with van der Waals surface area (Å²) in [6, 6.07) is 5.01. The van der Waals surface area contributed by atoms with Crippen LogP contribution in [-0.2, 0) is 10.0 Å². The molecule has 0 amide bonds. The Balaban J connectivity index is 2.24. The Hall–Kier alpha value is -1.43. The molecule has 1 N–H and O–H groups in total. The van der Waals surface area contributed by atoms with Gasteiger partial charge in [-0.05, 0) is 12.8 Å². The maximum absolute atomic E-state index is 11.2. The van der Waals surface area contributed by atoms with Crippen LogP contribution in [-0.4, -0.2) is 27.9 Å². The number of hydrogen-bond acceptors (Lipinski definition) is 4. The molecule has 0 unspecified atom stereocenters. The Morgan fingerprint density at radius 1 is 1.24 bits per heavy atom. The lowest BCUT2D eigenvalue weighted by atomic mass is 10.3. The number of benzene rings is 1. The van der Waals surface area contributed by atoms with Crippen molar-refractivity contribution in [2.75, 3.05) is 18.1 Å². The molecule has 0 aliphatic heterocycles. The van der Waals surface area contributed by atoms with Crippen molar-refractivity contribution in [3.63, 3.8) is 0 Å². The highest BCUT2D eigenvalue weighted by Gasteiger charge is 2.24. The van der Waals surface area contributed by atoms with E-state index in [1.165, 1.54) is 7.11 Å². The van der Waals surface area contributed by atoms with Crippen LogP contribution in [0.15, 0.2) is 18.2 Å². The predicted octanol–water partition coefficient (Wildman–Crippen LogP) is 1.61. The number of rotatable bonds is 5. The molecule has 1 fully saturated rings. The van der Waals surface area contributed by atoms with Gasteiger partial charge in [-0.2, -0.15) is 0 Å². The first-order valence-electron chi connectivity index (χ1n) is 5.30. The van der Waals surface area contributed by atoms with Gasteiger partial charge < -0.3 is 9.47 Å². The van der Waals surface area contributed by atoms with Crippen molar-refractivity contribution in [3.05, 3.63) is 18.2 Å². The van der Waals surface area contributed by atoms with Crippen LogP contribution in [0, 0.1) is 0 Å². The zero-order valence-corrected chi connectivity index (χ0v) is 10.6. The fourth-order valence-corrected chi connectivity index (χ4v) is 1.95.